The van der Waals surface area contributed by atoms with Crippen molar-refractivity contribution in [2.45, 2.75) is 31.8 Å². The van der Waals surface area contributed by atoms with Gasteiger partial charge in [0.1, 0.15) is 12.7 Å². The molecule has 4 rings (SSSR count). The van der Waals surface area contributed by atoms with E-state index in [1.165, 1.54) is 11.9 Å². The van der Waals surface area contributed by atoms with Crippen LogP contribution in [0.3, 0.4) is 0 Å². The van der Waals surface area contributed by atoms with E-state index >= 15 is 0 Å². The van der Waals surface area contributed by atoms with Crippen LogP contribution < -0.4 is 4.90 Å². The lowest BCUT2D eigenvalue weighted by atomic mass is 9.92. The Bertz CT molecular complexity index is 736. The van der Waals surface area contributed by atoms with E-state index in [0.29, 0.717) is 5.02 Å². The minimum Gasteiger partial charge on any atom is -0.282 e. The molecule has 1 unspecified atom stereocenters. The predicted molar refractivity (Wildman–Crippen MR) is 83.5 cm³/mol. The van der Waals surface area contributed by atoms with Gasteiger partial charge in [-0.1, -0.05) is 11.6 Å². The van der Waals surface area contributed by atoms with Crippen molar-refractivity contribution in [2.24, 2.45) is 0 Å². The summed E-state index contributed by atoms with van der Waals surface area (Å²) in [4.78, 5) is 18.8. The maximum absolute atomic E-state index is 12.9. The number of benzene rings is 1. The molecular weight excluding hydrogens is 300 g/mol. The van der Waals surface area contributed by atoms with E-state index in [1.807, 2.05) is 12.1 Å². The maximum Gasteiger partial charge on any atom is 0.256 e. The monoisotopic (exact) mass is 314 g/mol. The van der Waals surface area contributed by atoms with E-state index in [2.05, 4.69) is 10.1 Å². The first-order valence-electron chi connectivity index (χ1n) is 7.41. The third-order valence-electron chi connectivity index (χ3n) is 4.34. The SMILES string of the molecule is O=C1C2=C(CCCC2)C(n2cncn2)N1c1ccc(Cl)cc1. The molecule has 0 fully saturated rings. The van der Waals surface area contributed by atoms with Crippen molar-refractivity contribution in [1.82, 2.24) is 14.8 Å². The van der Waals surface area contributed by atoms with E-state index in [1.54, 1.807) is 28.0 Å². The summed E-state index contributed by atoms with van der Waals surface area (Å²) in [6, 6.07) is 7.37. The minimum absolute atomic E-state index is 0.0810. The first-order chi connectivity index (χ1) is 10.8. The normalized spacial score (nSPS) is 21.4. The van der Waals surface area contributed by atoms with Crippen LogP contribution in [0, 0.1) is 0 Å². The molecule has 1 atom stereocenters. The molecule has 1 amide bonds. The summed E-state index contributed by atoms with van der Waals surface area (Å²) < 4.78 is 1.76. The number of amides is 1. The van der Waals surface area contributed by atoms with Crippen molar-refractivity contribution in [3.05, 3.63) is 53.1 Å². The lowest BCUT2D eigenvalue weighted by Crippen LogP contribution is -2.33. The van der Waals surface area contributed by atoms with Crippen LogP contribution >= 0.6 is 11.6 Å². The van der Waals surface area contributed by atoms with Gasteiger partial charge in [0, 0.05) is 16.3 Å². The molecule has 1 aromatic carbocycles. The second kappa shape index (κ2) is 5.25. The largest absolute Gasteiger partial charge is 0.282 e. The lowest BCUT2D eigenvalue weighted by Gasteiger charge is -2.27. The number of hydrogen-bond acceptors (Lipinski definition) is 3. The van der Waals surface area contributed by atoms with E-state index < -0.39 is 0 Å². The summed E-state index contributed by atoms with van der Waals surface area (Å²) in [5, 5.41) is 4.93. The quantitative estimate of drug-likeness (QED) is 0.854. The highest BCUT2D eigenvalue weighted by Crippen LogP contribution is 2.43. The van der Waals surface area contributed by atoms with Crippen LogP contribution in [0.25, 0.3) is 0 Å². The molecule has 0 N–H and O–H groups in total. The molecule has 0 spiro atoms. The molecule has 0 saturated heterocycles. The van der Waals surface area contributed by atoms with Gasteiger partial charge in [0.25, 0.3) is 5.91 Å². The minimum atomic E-state index is -0.202. The number of halogens is 1. The maximum atomic E-state index is 12.9. The Hall–Kier alpha value is -2.14. The van der Waals surface area contributed by atoms with Crippen LogP contribution in [0.2, 0.25) is 5.02 Å². The van der Waals surface area contributed by atoms with E-state index in [-0.39, 0.29) is 12.1 Å². The van der Waals surface area contributed by atoms with Crippen LogP contribution in [0.15, 0.2) is 48.1 Å². The summed E-state index contributed by atoms with van der Waals surface area (Å²) in [6.07, 6.45) is 6.96. The zero-order valence-corrected chi connectivity index (χ0v) is 12.7. The molecule has 112 valence electrons. The molecule has 1 aliphatic carbocycles. The Balaban J connectivity index is 1.82. The fraction of sp³-hybridized carbons (Fsp3) is 0.312. The average Bonchev–Trinajstić information content (AvgIpc) is 3.15. The van der Waals surface area contributed by atoms with Crippen LogP contribution in [-0.2, 0) is 4.79 Å². The van der Waals surface area contributed by atoms with Gasteiger partial charge in [0.2, 0.25) is 0 Å². The molecule has 2 heterocycles. The van der Waals surface area contributed by atoms with Crippen molar-refractivity contribution in [3.63, 3.8) is 0 Å². The van der Waals surface area contributed by atoms with Gasteiger partial charge in [0.05, 0.1) is 0 Å². The number of carbonyl (C=O) groups excluding carboxylic acids is 1. The van der Waals surface area contributed by atoms with Gasteiger partial charge in [-0.25, -0.2) is 9.67 Å². The summed E-state index contributed by atoms with van der Waals surface area (Å²) in [5.41, 5.74) is 2.96. The summed E-state index contributed by atoms with van der Waals surface area (Å²) in [5.74, 6) is 0.0810. The Kier molecular flexibility index (Phi) is 3.22. The highest BCUT2D eigenvalue weighted by molar-refractivity contribution is 6.30. The topological polar surface area (TPSA) is 51.0 Å². The number of hydrogen-bond donors (Lipinski definition) is 0. The fourth-order valence-corrected chi connectivity index (χ4v) is 3.48. The van der Waals surface area contributed by atoms with Gasteiger partial charge < -0.3 is 0 Å². The third kappa shape index (κ3) is 2.04. The molecule has 0 radical (unpaired) electrons. The smallest absolute Gasteiger partial charge is 0.256 e. The Labute approximate surface area is 133 Å². The van der Waals surface area contributed by atoms with Crippen LogP contribution in [0.5, 0.6) is 0 Å². The Morgan fingerprint density at radius 1 is 1.14 bits per heavy atom. The van der Waals surface area contributed by atoms with E-state index in [9.17, 15) is 4.79 Å². The van der Waals surface area contributed by atoms with Crippen LogP contribution in [0.1, 0.15) is 31.8 Å². The van der Waals surface area contributed by atoms with Gasteiger partial charge in [-0.2, -0.15) is 5.10 Å². The van der Waals surface area contributed by atoms with Gasteiger partial charge in [-0.05, 0) is 55.5 Å². The number of aromatic nitrogens is 3. The molecular formula is C16H15ClN4O. The second-order valence-electron chi connectivity index (χ2n) is 5.61. The van der Waals surface area contributed by atoms with Gasteiger partial charge >= 0.3 is 0 Å². The number of rotatable bonds is 2. The van der Waals surface area contributed by atoms with Crippen molar-refractivity contribution >= 4 is 23.2 Å². The molecule has 6 heteroatoms. The van der Waals surface area contributed by atoms with Crippen molar-refractivity contribution in [1.29, 1.82) is 0 Å². The standard InChI is InChI=1S/C16H15ClN4O/c17-11-5-7-12(8-6-11)21-15(20-10-18-9-19-20)13-3-1-2-4-14(13)16(21)22/h5-10,15H,1-4H2. The van der Waals surface area contributed by atoms with E-state index in [0.717, 1.165) is 36.9 Å². The van der Waals surface area contributed by atoms with E-state index in [4.69, 9.17) is 11.6 Å². The number of nitrogens with zero attached hydrogens (tertiary/aromatic N) is 4. The molecule has 2 aromatic rings. The van der Waals surface area contributed by atoms with Gasteiger partial charge in [-0.15, -0.1) is 0 Å². The highest BCUT2D eigenvalue weighted by Gasteiger charge is 2.41. The van der Waals surface area contributed by atoms with Crippen LogP contribution in [0.4, 0.5) is 5.69 Å². The van der Waals surface area contributed by atoms with Crippen LogP contribution in [-0.4, -0.2) is 20.7 Å². The lowest BCUT2D eigenvalue weighted by molar-refractivity contribution is -0.115. The first-order valence-corrected chi connectivity index (χ1v) is 7.78. The molecule has 5 nitrogen and oxygen atoms in total. The van der Waals surface area contributed by atoms with Crippen molar-refractivity contribution < 1.29 is 4.79 Å². The average molecular weight is 315 g/mol. The summed E-state index contributed by atoms with van der Waals surface area (Å²) >= 11 is 5.97. The zero-order valence-electron chi connectivity index (χ0n) is 11.9. The number of carbonyl (C=O) groups is 1. The molecule has 22 heavy (non-hydrogen) atoms. The molecule has 0 saturated carbocycles. The Morgan fingerprint density at radius 2 is 1.91 bits per heavy atom. The predicted octanol–water partition coefficient (Wildman–Crippen LogP) is 3.35. The van der Waals surface area contributed by atoms with Crippen molar-refractivity contribution in [3.8, 4) is 0 Å². The molecule has 2 aliphatic rings. The first kappa shape index (κ1) is 13.5. The van der Waals surface area contributed by atoms with Gasteiger partial charge in [0.15, 0.2) is 6.17 Å². The highest BCUT2D eigenvalue weighted by atomic mass is 35.5. The van der Waals surface area contributed by atoms with Crippen molar-refractivity contribution in [2.75, 3.05) is 4.90 Å². The molecule has 1 aromatic heterocycles. The summed E-state index contributed by atoms with van der Waals surface area (Å²) in [6.45, 7) is 0. The second-order valence-corrected chi connectivity index (χ2v) is 6.05. The summed E-state index contributed by atoms with van der Waals surface area (Å²) in [7, 11) is 0. The fourth-order valence-electron chi connectivity index (χ4n) is 3.35. The third-order valence-corrected chi connectivity index (χ3v) is 4.59. The Morgan fingerprint density at radius 3 is 2.64 bits per heavy atom. The molecule has 1 aliphatic heterocycles. The van der Waals surface area contributed by atoms with Gasteiger partial charge in [-0.3, -0.25) is 9.69 Å². The zero-order chi connectivity index (χ0) is 15.1. The molecule has 0 bridgehead atoms. The number of anilines is 1.